The van der Waals surface area contributed by atoms with Crippen molar-refractivity contribution in [3.8, 4) is 0 Å². The van der Waals surface area contributed by atoms with E-state index < -0.39 is 20.2 Å². The molecule has 0 N–H and O–H groups in total. The van der Waals surface area contributed by atoms with Crippen LogP contribution in [0.25, 0.3) is 0 Å². The molecule has 0 aliphatic rings. The van der Waals surface area contributed by atoms with Crippen LogP contribution >= 0.6 is 31.4 Å². The Balaban J connectivity index is -0.00000162. The monoisotopic (exact) mass is 414 g/mol. The first-order valence-corrected chi connectivity index (χ1v) is 12.1. The molecule has 116 valence electrons. The van der Waals surface area contributed by atoms with E-state index in [0.717, 1.165) is 0 Å². The molecule has 0 aromatic heterocycles. The van der Waals surface area contributed by atoms with Gasteiger partial charge in [0.2, 0.25) is 0 Å². The predicted octanol–water partition coefficient (Wildman–Crippen LogP) is -4.33. The van der Waals surface area contributed by atoms with Gasteiger partial charge in [-0.3, -0.25) is 0 Å². The zero-order chi connectivity index (χ0) is 15.1. The summed E-state index contributed by atoms with van der Waals surface area (Å²) in [6.07, 6.45) is 0.570. The maximum atomic E-state index is 10.4. The number of hydrogen-bond acceptors (Lipinski definition) is 9. The molecule has 0 rings (SSSR count). The first kappa shape index (κ1) is 28.7. The minimum atomic E-state index is -4.17. The third-order valence-corrected chi connectivity index (χ3v) is 8.57. The summed E-state index contributed by atoms with van der Waals surface area (Å²) in [7, 11) is -4.07. The summed E-state index contributed by atoms with van der Waals surface area (Å²) in [6.45, 7) is 3.63. The van der Waals surface area contributed by atoms with Crippen molar-refractivity contribution >= 4 is 51.6 Å². The van der Waals surface area contributed by atoms with Crippen LogP contribution in [0.4, 0.5) is 0 Å². The summed E-state index contributed by atoms with van der Waals surface area (Å²) in [6, 6.07) is 0. The molecule has 21 heavy (non-hydrogen) atoms. The van der Waals surface area contributed by atoms with Crippen LogP contribution in [0.5, 0.6) is 0 Å². The Labute approximate surface area is 183 Å². The normalized spacial score (nSPS) is 14.7. The van der Waals surface area contributed by atoms with E-state index in [4.69, 9.17) is 0 Å². The van der Waals surface area contributed by atoms with Crippen LogP contribution in [-0.2, 0) is 20.2 Å². The van der Waals surface area contributed by atoms with E-state index >= 15 is 0 Å². The molecule has 0 amide bonds. The van der Waals surface area contributed by atoms with Crippen LogP contribution in [-0.4, -0.2) is 47.9 Å². The van der Waals surface area contributed by atoms with Gasteiger partial charge in [-0.2, -0.15) is 0 Å². The Hall–Kier alpha value is 2.87. The van der Waals surface area contributed by atoms with Crippen LogP contribution < -0.4 is 59.1 Å². The summed E-state index contributed by atoms with van der Waals surface area (Å²) in [4.78, 5) is 0. The molecule has 0 saturated heterocycles. The van der Waals surface area contributed by atoms with E-state index in [-0.39, 0.29) is 94.0 Å². The molecule has 0 fully saturated rings. The molecule has 2 atom stereocenters. The molecule has 2 unspecified atom stereocenters. The molecule has 0 spiro atoms. The average molecular weight is 415 g/mol. The molecule has 0 bridgehead atoms. The minimum Gasteiger partial charge on any atom is -0.748 e. The molecule has 0 aliphatic heterocycles. The van der Waals surface area contributed by atoms with Gasteiger partial charge in [0, 0.05) is 22.0 Å². The van der Waals surface area contributed by atoms with Crippen LogP contribution in [0.2, 0.25) is 0 Å². The van der Waals surface area contributed by atoms with Crippen molar-refractivity contribution in [1.82, 2.24) is 0 Å². The Bertz CT molecular complexity index is 412. The first-order valence-electron chi connectivity index (χ1n) is 5.35. The Kier molecular flexibility index (Phi) is 19.2. The third kappa shape index (κ3) is 22.9. The van der Waals surface area contributed by atoms with Crippen LogP contribution in [0.15, 0.2) is 0 Å². The predicted molar refractivity (Wildman–Crippen MR) is 80.1 cm³/mol. The molecule has 13 heteroatoms. The van der Waals surface area contributed by atoms with Crippen LogP contribution in [0, 0.1) is 0 Å². The fraction of sp³-hybridized carbons (Fsp3) is 1.00. The van der Waals surface area contributed by atoms with E-state index in [1.807, 2.05) is 13.8 Å². The van der Waals surface area contributed by atoms with Gasteiger partial charge in [0.15, 0.2) is 0 Å². The number of hydrogen-bond donors (Lipinski definition) is 0. The van der Waals surface area contributed by atoms with E-state index in [0.29, 0.717) is 0 Å². The van der Waals surface area contributed by atoms with Crippen molar-refractivity contribution in [2.24, 2.45) is 0 Å². The molecular formula is C8H16Na2O6S5. The largest absolute Gasteiger partial charge is 1.00 e. The zero-order valence-corrected chi connectivity index (χ0v) is 20.6. The Morgan fingerprint density at radius 1 is 0.810 bits per heavy atom. The summed E-state index contributed by atoms with van der Waals surface area (Å²) >= 11 is 0. The standard InChI is InChI=1S/C8H18O6S5.2Na/c1-7(3-5-18(9,10)11)15-17-16-8(2)4-6-19(12,13)14;;/h7-8H,3-6H2,1-2H3,(H,9,10,11)(H,12,13,14);;/q;2*+1/p-2. The quantitative estimate of drug-likeness (QED) is 0.199. The zero-order valence-electron chi connectivity index (χ0n) is 12.5. The number of rotatable bonds is 10. The second-order valence-corrected chi connectivity index (χ2v) is 11.9. The fourth-order valence-corrected chi connectivity index (χ4v) is 7.54. The van der Waals surface area contributed by atoms with Gasteiger partial charge in [-0.25, -0.2) is 16.8 Å². The Morgan fingerprint density at radius 2 is 1.10 bits per heavy atom. The fourth-order valence-electron chi connectivity index (χ4n) is 0.874. The van der Waals surface area contributed by atoms with Crippen molar-refractivity contribution in [2.75, 3.05) is 11.5 Å². The maximum Gasteiger partial charge on any atom is 1.00 e. The SMILES string of the molecule is CC(CCS(=O)(=O)[O-])SSSC(C)CCS(=O)(=O)[O-].[Na+].[Na+]. The second kappa shape index (κ2) is 14.1. The first-order chi connectivity index (χ1) is 8.49. The molecular weight excluding hydrogens is 398 g/mol. The van der Waals surface area contributed by atoms with Crippen molar-refractivity contribution in [3.05, 3.63) is 0 Å². The van der Waals surface area contributed by atoms with E-state index in [1.165, 1.54) is 31.4 Å². The molecule has 6 nitrogen and oxygen atoms in total. The van der Waals surface area contributed by atoms with Crippen molar-refractivity contribution in [1.29, 1.82) is 0 Å². The molecule has 0 aromatic carbocycles. The topological polar surface area (TPSA) is 114 Å². The van der Waals surface area contributed by atoms with Crippen molar-refractivity contribution < 1.29 is 85.1 Å². The van der Waals surface area contributed by atoms with Gasteiger partial charge in [0.1, 0.15) is 0 Å². The summed E-state index contributed by atoms with van der Waals surface area (Å²) in [5.41, 5.74) is 0. The van der Waals surface area contributed by atoms with Crippen LogP contribution in [0.3, 0.4) is 0 Å². The molecule has 0 heterocycles. The summed E-state index contributed by atoms with van der Waals surface area (Å²) in [5.74, 6) is -0.757. The van der Waals surface area contributed by atoms with Gasteiger partial charge in [0.05, 0.1) is 20.2 Å². The molecule has 0 radical (unpaired) electrons. The van der Waals surface area contributed by atoms with Crippen molar-refractivity contribution in [3.63, 3.8) is 0 Å². The molecule has 0 aromatic rings. The van der Waals surface area contributed by atoms with Gasteiger partial charge in [-0.15, -0.1) is 0 Å². The Morgan fingerprint density at radius 3 is 1.33 bits per heavy atom. The second-order valence-electron chi connectivity index (χ2n) is 3.98. The summed E-state index contributed by atoms with van der Waals surface area (Å²) in [5, 5.41) is 0.0216. The molecule has 0 aliphatic carbocycles. The van der Waals surface area contributed by atoms with Gasteiger partial charge >= 0.3 is 59.1 Å². The summed E-state index contributed by atoms with van der Waals surface area (Å²) < 4.78 is 62.6. The average Bonchev–Trinajstić information content (AvgIpc) is 2.22. The molecule has 0 saturated carbocycles. The van der Waals surface area contributed by atoms with E-state index in [9.17, 15) is 25.9 Å². The third-order valence-electron chi connectivity index (χ3n) is 1.96. The van der Waals surface area contributed by atoms with E-state index in [2.05, 4.69) is 0 Å². The van der Waals surface area contributed by atoms with Gasteiger partial charge < -0.3 is 9.11 Å². The van der Waals surface area contributed by atoms with Gasteiger partial charge in [-0.05, 0) is 22.7 Å². The van der Waals surface area contributed by atoms with Gasteiger partial charge in [-0.1, -0.05) is 35.4 Å². The maximum absolute atomic E-state index is 10.4. The minimum absolute atomic E-state index is 0. The smallest absolute Gasteiger partial charge is 0.748 e. The van der Waals surface area contributed by atoms with E-state index in [1.54, 1.807) is 0 Å². The van der Waals surface area contributed by atoms with Crippen molar-refractivity contribution in [2.45, 2.75) is 37.2 Å². The van der Waals surface area contributed by atoms with Gasteiger partial charge in [0.25, 0.3) is 0 Å². The van der Waals surface area contributed by atoms with Crippen LogP contribution in [0.1, 0.15) is 26.7 Å².